The molecule has 1 nitrogen and oxygen atoms in total. The fraction of sp³-hybridized carbons (Fsp3) is 0.250. The molecule has 0 amide bonds. The largest absolute Gasteiger partial charge is 0.198 e. The minimum Gasteiger partial charge on any atom is -0.198 e. The predicted octanol–water partition coefficient (Wildman–Crippen LogP) is 3.58. The summed E-state index contributed by atoms with van der Waals surface area (Å²) in [5, 5.41) is 9.95. The van der Waals surface area contributed by atoms with Crippen molar-refractivity contribution in [3.63, 3.8) is 0 Å². The minimum atomic E-state index is 0.526. The van der Waals surface area contributed by atoms with Crippen molar-refractivity contribution in [3.05, 3.63) is 34.2 Å². The van der Waals surface area contributed by atoms with Crippen molar-refractivity contribution in [1.29, 1.82) is 5.26 Å². The molecular formula is C12H11NS. The van der Waals surface area contributed by atoms with Crippen LogP contribution in [0.15, 0.2) is 18.2 Å². The molecule has 1 aromatic heterocycles. The fourth-order valence-electron chi connectivity index (χ4n) is 1.61. The van der Waals surface area contributed by atoms with E-state index in [4.69, 9.17) is 5.26 Å². The lowest BCUT2D eigenvalue weighted by Gasteiger charge is -1.97. The van der Waals surface area contributed by atoms with E-state index in [0.29, 0.717) is 6.42 Å². The van der Waals surface area contributed by atoms with Gasteiger partial charge in [-0.3, -0.25) is 0 Å². The summed E-state index contributed by atoms with van der Waals surface area (Å²) in [6, 6.07) is 8.62. The van der Waals surface area contributed by atoms with Crippen molar-refractivity contribution in [2.45, 2.75) is 20.3 Å². The van der Waals surface area contributed by atoms with Crippen LogP contribution in [0, 0.1) is 25.2 Å². The van der Waals surface area contributed by atoms with Crippen LogP contribution in [0.25, 0.3) is 10.1 Å². The first-order valence-electron chi connectivity index (χ1n) is 4.58. The Morgan fingerprint density at radius 3 is 2.64 bits per heavy atom. The first-order valence-corrected chi connectivity index (χ1v) is 5.39. The molecule has 0 aliphatic rings. The average Bonchev–Trinajstić information content (AvgIpc) is 2.57. The number of hydrogen-bond donors (Lipinski definition) is 0. The number of aryl methyl sites for hydroxylation is 2. The van der Waals surface area contributed by atoms with Crippen molar-refractivity contribution < 1.29 is 0 Å². The van der Waals surface area contributed by atoms with Crippen LogP contribution in [0.4, 0.5) is 0 Å². The molecule has 2 heteroatoms. The van der Waals surface area contributed by atoms with E-state index in [-0.39, 0.29) is 0 Å². The number of rotatable bonds is 1. The lowest BCUT2D eigenvalue weighted by atomic mass is 10.1. The molecule has 1 heterocycles. The fourth-order valence-corrected chi connectivity index (χ4v) is 2.74. The summed E-state index contributed by atoms with van der Waals surface area (Å²) in [5.74, 6) is 0. The molecule has 0 spiro atoms. The SMILES string of the molecule is Cc1ccc(C)c2sc(CC#N)cc12. The molecule has 0 saturated heterocycles. The molecule has 0 atom stereocenters. The molecule has 0 aliphatic heterocycles. The summed E-state index contributed by atoms with van der Waals surface area (Å²) < 4.78 is 1.33. The maximum atomic E-state index is 8.64. The van der Waals surface area contributed by atoms with Gasteiger partial charge < -0.3 is 0 Å². The number of fused-ring (bicyclic) bond motifs is 1. The standard InChI is InChI=1S/C12H11NS/c1-8-3-4-9(2)12-11(8)7-10(14-12)5-6-13/h3-4,7H,5H2,1-2H3. The van der Waals surface area contributed by atoms with Gasteiger partial charge in [-0.1, -0.05) is 12.1 Å². The second kappa shape index (κ2) is 3.43. The highest BCUT2D eigenvalue weighted by atomic mass is 32.1. The van der Waals surface area contributed by atoms with E-state index >= 15 is 0 Å². The third-order valence-corrected chi connectivity index (χ3v) is 3.67. The minimum absolute atomic E-state index is 0.526. The normalized spacial score (nSPS) is 10.4. The van der Waals surface area contributed by atoms with Crippen molar-refractivity contribution in [2.24, 2.45) is 0 Å². The van der Waals surface area contributed by atoms with E-state index in [9.17, 15) is 0 Å². The average molecular weight is 201 g/mol. The van der Waals surface area contributed by atoms with E-state index < -0.39 is 0 Å². The quantitative estimate of drug-likeness (QED) is 0.691. The van der Waals surface area contributed by atoms with Gasteiger partial charge in [0.2, 0.25) is 0 Å². The van der Waals surface area contributed by atoms with Crippen LogP contribution in [0.5, 0.6) is 0 Å². The molecule has 0 aliphatic carbocycles. The molecule has 2 rings (SSSR count). The summed E-state index contributed by atoms with van der Waals surface area (Å²) in [5.41, 5.74) is 2.60. The Kier molecular flexibility index (Phi) is 2.26. The van der Waals surface area contributed by atoms with Gasteiger partial charge >= 0.3 is 0 Å². The molecule has 70 valence electrons. The van der Waals surface area contributed by atoms with Gasteiger partial charge in [0.25, 0.3) is 0 Å². The number of nitriles is 1. The van der Waals surface area contributed by atoms with Crippen LogP contribution in [-0.4, -0.2) is 0 Å². The Hall–Kier alpha value is -1.33. The van der Waals surface area contributed by atoms with Gasteiger partial charge in [0.1, 0.15) is 0 Å². The summed E-state index contributed by atoms with van der Waals surface area (Å²) in [6.45, 7) is 4.24. The van der Waals surface area contributed by atoms with Gasteiger partial charge in [0.05, 0.1) is 12.5 Å². The third kappa shape index (κ3) is 1.40. The van der Waals surface area contributed by atoms with Crippen LogP contribution in [-0.2, 0) is 6.42 Å². The number of benzene rings is 1. The van der Waals surface area contributed by atoms with Gasteiger partial charge in [0.15, 0.2) is 0 Å². The molecule has 0 N–H and O–H groups in total. The molecule has 0 radical (unpaired) electrons. The van der Waals surface area contributed by atoms with Crippen molar-refractivity contribution in [3.8, 4) is 6.07 Å². The third-order valence-electron chi connectivity index (χ3n) is 2.40. The smallest absolute Gasteiger partial charge is 0.0696 e. The Bertz CT molecular complexity index is 478. The highest BCUT2D eigenvalue weighted by Gasteiger charge is 2.05. The molecule has 0 unspecified atom stereocenters. The van der Waals surface area contributed by atoms with Gasteiger partial charge in [-0.15, -0.1) is 11.3 Å². The van der Waals surface area contributed by atoms with Gasteiger partial charge in [-0.25, -0.2) is 0 Å². The van der Waals surface area contributed by atoms with Crippen molar-refractivity contribution >= 4 is 21.4 Å². The molecular weight excluding hydrogens is 190 g/mol. The zero-order chi connectivity index (χ0) is 10.1. The number of thiophene rings is 1. The molecule has 1 aromatic carbocycles. The molecule has 14 heavy (non-hydrogen) atoms. The highest BCUT2D eigenvalue weighted by molar-refractivity contribution is 7.19. The zero-order valence-corrected chi connectivity index (χ0v) is 9.11. The summed E-state index contributed by atoms with van der Waals surface area (Å²) in [7, 11) is 0. The second-order valence-corrected chi connectivity index (χ2v) is 4.63. The molecule has 0 saturated carbocycles. The van der Waals surface area contributed by atoms with Crippen molar-refractivity contribution in [1.82, 2.24) is 0 Å². The zero-order valence-electron chi connectivity index (χ0n) is 8.29. The Morgan fingerprint density at radius 2 is 2.00 bits per heavy atom. The van der Waals surface area contributed by atoms with Gasteiger partial charge in [-0.2, -0.15) is 5.26 Å². The van der Waals surface area contributed by atoms with Crippen LogP contribution in [0.1, 0.15) is 16.0 Å². The van der Waals surface area contributed by atoms with Crippen LogP contribution >= 0.6 is 11.3 Å². The molecule has 2 aromatic rings. The van der Waals surface area contributed by atoms with E-state index in [0.717, 1.165) is 0 Å². The van der Waals surface area contributed by atoms with Gasteiger partial charge in [0, 0.05) is 9.58 Å². The lowest BCUT2D eigenvalue weighted by molar-refractivity contribution is 1.32. The topological polar surface area (TPSA) is 23.8 Å². The summed E-state index contributed by atoms with van der Waals surface area (Å²) in [6.07, 6.45) is 0.526. The number of nitrogens with zero attached hydrogens (tertiary/aromatic N) is 1. The van der Waals surface area contributed by atoms with Crippen LogP contribution in [0.3, 0.4) is 0 Å². The Balaban J connectivity index is 2.70. The Morgan fingerprint density at radius 1 is 1.29 bits per heavy atom. The summed E-state index contributed by atoms with van der Waals surface area (Å²) >= 11 is 1.74. The second-order valence-electron chi connectivity index (χ2n) is 3.49. The highest BCUT2D eigenvalue weighted by Crippen LogP contribution is 2.30. The first-order chi connectivity index (χ1) is 6.72. The maximum Gasteiger partial charge on any atom is 0.0696 e. The summed E-state index contributed by atoms with van der Waals surface area (Å²) in [4.78, 5) is 1.17. The lowest BCUT2D eigenvalue weighted by Crippen LogP contribution is -1.75. The van der Waals surface area contributed by atoms with E-state index in [1.807, 2.05) is 0 Å². The van der Waals surface area contributed by atoms with Crippen LogP contribution < -0.4 is 0 Å². The predicted molar refractivity (Wildman–Crippen MR) is 60.6 cm³/mol. The first kappa shape index (κ1) is 9.23. The molecule has 0 fully saturated rings. The van der Waals surface area contributed by atoms with Crippen molar-refractivity contribution in [2.75, 3.05) is 0 Å². The maximum absolute atomic E-state index is 8.64. The van der Waals surface area contributed by atoms with Gasteiger partial charge in [-0.05, 0) is 36.4 Å². The van der Waals surface area contributed by atoms with E-state index in [1.54, 1.807) is 11.3 Å². The van der Waals surface area contributed by atoms with Crippen LogP contribution in [0.2, 0.25) is 0 Å². The number of hydrogen-bond acceptors (Lipinski definition) is 2. The Labute approximate surface area is 87.6 Å². The van der Waals surface area contributed by atoms with E-state index in [1.165, 1.54) is 26.1 Å². The van der Waals surface area contributed by atoms with E-state index in [2.05, 4.69) is 38.1 Å². The monoisotopic (exact) mass is 201 g/mol. The molecule has 0 bridgehead atoms.